The molecule has 0 aromatic heterocycles. The number of aliphatic carboxylic acids is 1. The number of hydrogen-bond acceptors (Lipinski definition) is 4. The molecule has 3 aromatic rings. The molecule has 5 nitrogen and oxygen atoms in total. The lowest BCUT2D eigenvalue weighted by molar-refractivity contribution is -0.172. The maximum absolute atomic E-state index is 15.9. The van der Waals surface area contributed by atoms with Crippen molar-refractivity contribution in [3.63, 3.8) is 0 Å². The number of halogens is 3. The van der Waals surface area contributed by atoms with Gasteiger partial charge in [0.15, 0.2) is 5.60 Å². The van der Waals surface area contributed by atoms with Crippen molar-refractivity contribution in [2.24, 2.45) is 5.92 Å². The lowest BCUT2D eigenvalue weighted by Crippen LogP contribution is -2.49. The number of carbonyl (C=O) groups is 1. The first-order valence-electron chi connectivity index (χ1n) is 13.9. The van der Waals surface area contributed by atoms with E-state index in [1.165, 1.54) is 18.2 Å². The summed E-state index contributed by atoms with van der Waals surface area (Å²) in [6, 6.07) is 18.0. The summed E-state index contributed by atoms with van der Waals surface area (Å²) < 4.78 is 45.5. The Kier molecular flexibility index (Phi) is 8.94. The van der Waals surface area contributed by atoms with Gasteiger partial charge in [0, 0.05) is 25.9 Å². The van der Waals surface area contributed by atoms with Crippen LogP contribution in [0.5, 0.6) is 0 Å². The van der Waals surface area contributed by atoms with Gasteiger partial charge in [-0.1, -0.05) is 57.2 Å². The number of fused-ring (bicyclic) bond motifs is 1. The second-order valence-corrected chi connectivity index (χ2v) is 10.8. The van der Waals surface area contributed by atoms with E-state index in [2.05, 4.69) is 6.58 Å². The van der Waals surface area contributed by atoms with E-state index in [0.29, 0.717) is 31.0 Å². The molecule has 3 aromatic carbocycles. The fourth-order valence-corrected chi connectivity index (χ4v) is 6.08. The number of anilines is 2. The van der Waals surface area contributed by atoms with Crippen molar-refractivity contribution in [2.45, 2.75) is 63.5 Å². The van der Waals surface area contributed by atoms with E-state index in [4.69, 9.17) is 0 Å². The molecule has 0 bridgehead atoms. The summed E-state index contributed by atoms with van der Waals surface area (Å²) in [7, 11) is 1.85. The average Bonchev–Trinajstić information content (AvgIpc) is 3.28. The fourth-order valence-electron chi connectivity index (χ4n) is 6.08. The number of aliphatic hydroxyl groups is 1. The number of hydrazine groups is 1. The molecule has 1 heterocycles. The standard InChI is InChI=1S/C33H37F3N2O3/c1-5-22(19-31(39)40)18-23-10-8-9-11-28(23)29(6-2)33(41,32(35,36)7-3)25-12-17-30-24(20-25)21-37(4)38(30)27-15-13-26(34)14-16-27/h7-17,20,22,29,41H,3,5-6,18-19,21H2,1-2,4H3,(H,39,40). The molecule has 1 aliphatic rings. The van der Waals surface area contributed by atoms with Crippen molar-refractivity contribution in [1.82, 2.24) is 5.01 Å². The van der Waals surface area contributed by atoms with Crippen molar-refractivity contribution >= 4 is 17.3 Å². The molecule has 0 radical (unpaired) electrons. The van der Waals surface area contributed by atoms with E-state index in [1.54, 1.807) is 49.4 Å². The molecule has 3 unspecified atom stereocenters. The fraction of sp³-hybridized carbons (Fsp3) is 0.364. The van der Waals surface area contributed by atoms with Crippen LogP contribution in [0, 0.1) is 11.7 Å². The maximum atomic E-state index is 15.9. The molecule has 0 spiro atoms. The van der Waals surface area contributed by atoms with Crippen LogP contribution in [-0.4, -0.2) is 34.2 Å². The van der Waals surface area contributed by atoms with Crippen molar-refractivity contribution in [3.05, 3.63) is 107 Å². The number of rotatable bonds is 12. The molecule has 2 N–H and O–H groups in total. The Bertz CT molecular complexity index is 1390. The molecular formula is C33H37F3N2O3. The highest BCUT2D eigenvalue weighted by Gasteiger charge is 2.57. The highest BCUT2D eigenvalue weighted by molar-refractivity contribution is 5.69. The van der Waals surface area contributed by atoms with Gasteiger partial charge in [-0.3, -0.25) is 9.80 Å². The normalized spacial score (nSPS) is 16.6. The molecule has 0 saturated carbocycles. The van der Waals surface area contributed by atoms with Gasteiger partial charge in [0.25, 0.3) is 5.92 Å². The Balaban J connectivity index is 1.81. The minimum absolute atomic E-state index is 0.0302. The average molecular weight is 567 g/mol. The van der Waals surface area contributed by atoms with Gasteiger partial charge in [0.2, 0.25) is 0 Å². The van der Waals surface area contributed by atoms with E-state index in [-0.39, 0.29) is 30.1 Å². The molecule has 8 heteroatoms. The summed E-state index contributed by atoms with van der Waals surface area (Å²) in [6.45, 7) is 7.44. The van der Waals surface area contributed by atoms with E-state index < -0.39 is 23.4 Å². The zero-order valence-corrected chi connectivity index (χ0v) is 23.7. The van der Waals surface area contributed by atoms with Crippen LogP contribution in [0.2, 0.25) is 0 Å². The van der Waals surface area contributed by atoms with Crippen LogP contribution in [-0.2, 0) is 23.4 Å². The first-order chi connectivity index (χ1) is 19.5. The van der Waals surface area contributed by atoms with Crippen molar-refractivity contribution < 1.29 is 28.2 Å². The third-order valence-corrected chi connectivity index (χ3v) is 8.22. The van der Waals surface area contributed by atoms with Gasteiger partial charge in [-0.15, -0.1) is 0 Å². The highest BCUT2D eigenvalue weighted by atomic mass is 19.3. The molecule has 218 valence electrons. The summed E-state index contributed by atoms with van der Waals surface area (Å²) in [5.41, 5.74) is 0.949. The number of nitrogens with zero attached hydrogens (tertiary/aromatic N) is 2. The summed E-state index contributed by atoms with van der Waals surface area (Å²) >= 11 is 0. The quantitative estimate of drug-likeness (QED) is 0.222. The number of benzene rings is 3. The smallest absolute Gasteiger partial charge is 0.303 e. The first kappa shape index (κ1) is 30.3. The summed E-state index contributed by atoms with van der Waals surface area (Å²) in [6.07, 6.45) is 1.69. The summed E-state index contributed by atoms with van der Waals surface area (Å²) in [5.74, 6) is -6.15. The van der Waals surface area contributed by atoms with E-state index >= 15 is 8.78 Å². The van der Waals surface area contributed by atoms with Crippen LogP contribution in [0.3, 0.4) is 0 Å². The van der Waals surface area contributed by atoms with Gasteiger partial charge in [-0.2, -0.15) is 8.78 Å². The molecule has 0 aliphatic carbocycles. The molecule has 0 saturated heterocycles. The van der Waals surface area contributed by atoms with Crippen LogP contribution in [0.15, 0.2) is 79.4 Å². The van der Waals surface area contributed by atoms with Crippen LogP contribution in [0.1, 0.15) is 61.3 Å². The SMILES string of the molecule is C=CC(F)(F)C(O)(c1ccc2c(c1)CN(C)N2c1ccc(F)cc1)C(CC)c1ccccc1CC(CC)CC(=O)O. The summed E-state index contributed by atoms with van der Waals surface area (Å²) in [4.78, 5) is 11.4. The van der Waals surface area contributed by atoms with Crippen LogP contribution < -0.4 is 5.01 Å². The van der Waals surface area contributed by atoms with Crippen molar-refractivity contribution in [2.75, 3.05) is 12.1 Å². The van der Waals surface area contributed by atoms with Gasteiger partial charge < -0.3 is 10.2 Å². The molecular weight excluding hydrogens is 529 g/mol. The van der Waals surface area contributed by atoms with E-state index in [1.807, 2.05) is 30.1 Å². The lowest BCUT2D eigenvalue weighted by Gasteiger charge is -2.42. The lowest BCUT2D eigenvalue weighted by atomic mass is 9.70. The van der Waals surface area contributed by atoms with Gasteiger partial charge in [-0.05, 0) is 83.5 Å². The van der Waals surface area contributed by atoms with Crippen molar-refractivity contribution in [1.29, 1.82) is 0 Å². The zero-order valence-electron chi connectivity index (χ0n) is 23.7. The molecule has 0 fully saturated rings. The van der Waals surface area contributed by atoms with E-state index in [9.17, 15) is 19.4 Å². The Hall–Kier alpha value is -3.62. The maximum Gasteiger partial charge on any atom is 0.303 e. The molecule has 4 rings (SSSR count). The van der Waals surface area contributed by atoms with E-state index in [0.717, 1.165) is 22.5 Å². The third kappa shape index (κ3) is 5.76. The van der Waals surface area contributed by atoms with Gasteiger partial charge in [0.1, 0.15) is 5.82 Å². The van der Waals surface area contributed by atoms with Crippen LogP contribution in [0.25, 0.3) is 0 Å². The Morgan fingerprint density at radius 3 is 2.37 bits per heavy atom. The second kappa shape index (κ2) is 12.1. The number of hydrogen-bond donors (Lipinski definition) is 2. The molecule has 1 aliphatic heterocycles. The number of alkyl halides is 2. The van der Waals surface area contributed by atoms with Crippen LogP contribution >= 0.6 is 0 Å². The largest absolute Gasteiger partial charge is 0.481 e. The highest BCUT2D eigenvalue weighted by Crippen LogP contribution is 2.52. The van der Waals surface area contributed by atoms with Gasteiger partial charge >= 0.3 is 5.97 Å². The third-order valence-electron chi connectivity index (χ3n) is 8.22. The number of carboxylic acids is 1. The minimum atomic E-state index is -3.69. The predicted octanol–water partition coefficient (Wildman–Crippen LogP) is 7.57. The van der Waals surface area contributed by atoms with Crippen molar-refractivity contribution in [3.8, 4) is 0 Å². The number of carboxylic acid groups (broad SMARTS) is 1. The Morgan fingerprint density at radius 2 is 1.76 bits per heavy atom. The molecule has 3 atom stereocenters. The minimum Gasteiger partial charge on any atom is -0.481 e. The topological polar surface area (TPSA) is 64.0 Å². The monoisotopic (exact) mass is 566 g/mol. The van der Waals surface area contributed by atoms with Gasteiger partial charge in [-0.25, -0.2) is 9.40 Å². The molecule has 0 amide bonds. The Labute approximate surface area is 239 Å². The zero-order chi connectivity index (χ0) is 29.9. The van der Waals surface area contributed by atoms with Crippen LogP contribution in [0.4, 0.5) is 24.5 Å². The predicted molar refractivity (Wildman–Crippen MR) is 155 cm³/mol. The summed E-state index contributed by atoms with van der Waals surface area (Å²) in [5, 5.41) is 25.3. The Morgan fingerprint density at radius 1 is 1.07 bits per heavy atom. The first-order valence-corrected chi connectivity index (χ1v) is 13.9. The van der Waals surface area contributed by atoms with Gasteiger partial charge in [0.05, 0.1) is 11.4 Å². The molecule has 41 heavy (non-hydrogen) atoms. The second-order valence-electron chi connectivity index (χ2n) is 10.8.